The summed E-state index contributed by atoms with van der Waals surface area (Å²) >= 11 is 0. The van der Waals surface area contributed by atoms with Gasteiger partial charge in [0.25, 0.3) is 5.91 Å². The van der Waals surface area contributed by atoms with Crippen molar-refractivity contribution in [2.24, 2.45) is 10.2 Å². The van der Waals surface area contributed by atoms with Crippen molar-refractivity contribution in [1.29, 1.82) is 0 Å². The molecule has 1 amide bonds. The van der Waals surface area contributed by atoms with E-state index in [2.05, 4.69) is 20.9 Å². The molecule has 0 saturated carbocycles. The van der Waals surface area contributed by atoms with Crippen LogP contribution in [0.5, 0.6) is 0 Å². The molecule has 3 aliphatic rings. The third-order valence-corrected chi connectivity index (χ3v) is 8.83. The van der Waals surface area contributed by atoms with E-state index in [9.17, 15) is 26.4 Å². The molecular formula is C23H27F3N4O3S. The largest absolute Gasteiger partial charge is 0.435 e. The van der Waals surface area contributed by atoms with Crippen LogP contribution in [-0.2, 0) is 20.0 Å². The molecule has 0 aromatic heterocycles. The Morgan fingerprint density at radius 3 is 2.50 bits per heavy atom. The Labute approximate surface area is 196 Å². The number of benzene rings is 1. The Hall–Kier alpha value is -2.69. The van der Waals surface area contributed by atoms with Crippen LogP contribution in [0.25, 0.3) is 0 Å². The van der Waals surface area contributed by atoms with Gasteiger partial charge in [0.15, 0.2) is 21.7 Å². The molecule has 34 heavy (non-hydrogen) atoms. The normalized spacial score (nSPS) is 26.4. The minimum absolute atomic E-state index is 0.0114. The highest BCUT2D eigenvalue weighted by molar-refractivity contribution is 7.92. The maximum Gasteiger partial charge on any atom is 0.435 e. The number of rotatable bonds is 4. The van der Waals surface area contributed by atoms with E-state index < -0.39 is 50.0 Å². The molecule has 1 aromatic carbocycles. The molecule has 0 spiro atoms. The van der Waals surface area contributed by atoms with Crippen molar-refractivity contribution in [2.45, 2.75) is 80.9 Å². The second kappa shape index (κ2) is 7.66. The van der Waals surface area contributed by atoms with E-state index in [0.717, 1.165) is 0 Å². The van der Waals surface area contributed by atoms with Crippen molar-refractivity contribution < 1.29 is 26.4 Å². The number of fused-ring (bicyclic) bond motifs is 1. The Morgan fingerprint density at radius 2 is 1.91 bits per heavy atom. The van der Waals surface area contributed by atoms with Gasteiger partial charge in [-0.25, -0.2) is 8.42 Å². The first-order valence-corrected chi connectivity index (χ1v) is 12.6. The molecule has 2 atom stereocenters. The molecular weight excluding hydrogens is 469 g/mol. The van der Waals surface area contributed by atoms with Crippen LogP contribution < -0.4 is 10.6 Å². The Kier molecular flexibility index (Phi) is 5.50. The van der Waals surface area contributed by atoms with E-state index in [-0.39, 0.29) is 28.0 Å². The average molecular weight is 497 g/mol. The zero-order chi connectivity index (χ0) is 25.3. The molecule has 7 nitrogen and oxygen atoms in total. The zero-order valence-electron chi connectivity index (χ0n) is 19.5. The third kappa shape index (κ3) is 3.55. The van der Waals surface area contributed by atoms with E-state index >= 15 is 0 Å². The number of carbonyl (C=O) groups is 1. The first kappa shape index (κ1) is 24.4. The van der Waals surface area contributed by atoms with Crippen LogP contribution in [0.4, 0.5) is 13.2 Å². The topological polar surface area (TPSA) is 100.0 Å². The molecule has 2 N–H and O–H groups in total. The Bertz CT molecular complexity index is 1260. The molecule has 0 saturated heterocycles. The molecule has 0 fully saturated rings. The monoisotopic (exact) mass is 496 g/mol. The summed E-state index contributed by atoms with van der Waals surface area (Å²) in [5.74, 6) is -0.503. The van der Waals surface area contributed by atoms with E-state index in [1.54, 1.807) is 13.0 Å². The van der Waals surface area contributed by atoms with Gasteiger partial charge in [-0.3, -0.25) is 4.79 Å². The van der Waals surface area contributed by atoms with E-state index in [1.165, 1.54) is 32.0 Å². The van der Waals surface area contributed by atoms with Gasteiger partial charge < -0.3 is 10.6 Å². The highest BCUT2D eigenvalue weighted by Gasteiger charge is 2.58. The number of allylic oxidation sites excluding steroid dienone is 1. The SMILES string of the molecule is CC[C@]1(c2cccc(S(=O)(=O)C(C)C)c2)C2=C(CC(C)(C)NC2=O)NC2N=NC(C(F)(F)F)=C21. The number of hydrogen-bond donors (Lipinski definition) is 2. The standard InChI is InChI=1S/C23H27F3N4O3S/c1-6-22(13-8-7-9-14(10-13)34(32,33)12(2)3)16-15(11-21(4,5)28-20(16)31)27-19-17(22)18(29-30-19)23(24,25)26/h7-10,12,19,27H,6,11H2,1-5H3,(H,28,31)/t19?,22-/m0/s1. The van der Waals surface area contributed by atoms with Crippen molar-refractivity contribution in [3.8, 4) is 0 Å². The molecule has 11 heteroatoms. The molecule has 0 aliphatic carbocycles. The molecule has 3 aliphatic heterocycles. The van der Waals surface area contributed by atoms with E-state index in [1.807, 2.05) is 13.8 Å². The molecule has 0 bridgehead atoms. The highest BCUT2D eigenvalue weighted by Crippen LogP contribution is 2.54. The second-order valence-electron chi connectivity index (χ2n) is 9.77. The summed E-state index contributed by atoms with van der Waals surface area (Å²) in [6.45, 7) is 8.40. The third-order valence-electron chi connectivity index (χ3n) is 6.67. The van der Waals surface area contributed by atoms with Crippen LogP contribution >= 0.6 is 0 Å². The van der Waals surface area contributed by atoms with Crippen LogP contribution in [0.15, 0.2) is 61.9 Å². The lowest BCUT2D eigenvalue weighted by Gasteiger charge is -2.48. The summed E-state index contributed by atoms with van der Waals surface area (Å²) < 4.78 is 68.1. The molecule has 1 aromatic rings. The van der Waals surface area contributed by atoms with Gasteiger partial charge in [-0.1, -0.05) is 19.1 Å². The second-order valence-corrected chi connectivity index (χ2v) is 12.3. The zero-order valence-corrected chi connectivity index (χ0v) is 20.4. The van der Waals surface area contributed by atoms with E-state index in [4.69, 9.17) is 0 Å². The summed E-state index contributed by atoms with van der Waals surface area (Å²) in [6.07, 6.45) is -5.49. The number of azo groups is 1. The van der Waals surface area contributed by atoms with Crippen molar-refractivity contribution >= 4 is 15.7 Å². The highest BCUT2D eigenvalue weighted by atomic mass is 32.2. The van der Waals surface area contributed by atoms with Gasteiger partial charge in [0.2, 0.25) is 0 Å². The Morgan fingerprint density at radius 1 is 1.24 bits per heavy atom. The van der Waals surface area contributed by atoms with Crippen LogP contribution in [-0.4, -0.2) is 37.5 Å². The first-order valence-electron chi connectivity index (χ1n) is 11.0. The predicted molar refractivity (Wildman–Crippen MR) is 119 cm³/mol. The van der Waals surface area contributed by atoms with Gasteiger partial charge in [-0.2, -0.15) is 18.3 Å². The van der Waals surface area contributed by atoms with Gasteiger partial charge in [-0.05, 0) is 51.8 Å². The fraction of sp³-hybridized carbons (Fsp3) is 0.522. The van der Waals surface area contributed by atoms with Crippen LogP contribution in [0, 0.1) is 0 Å². The number of nitrogens with one attached hydrogen (secondary N) is 2. The number of sulfone groups is 1. The number of halogens is 3. The summed E-state index contributed by atoms with van der Waals surface area (Å²) in [6, 6.07) is 5.88. The minimum Gasteiger partial charge on any atom is -0.362 e. The molecule has 1 unspecified atom stereocenters. The predicted octanol–water partition coefficient (Wildman–Crippen LogP) is 4.28. The lowest BCUT2D eigenvalue weighted by molar-refractivity contribution is -0.120. The molecule has 184 valence electrons. The average Bonchev–Trinajstić information content (AvgIpc) is 3.16. The number of carbonyl (C=O) groups excluding carboxylic acids is 1. The van der Waals surface area contributed by atoms with Crippen LogP contribution in [0.1, 0.15) is 53.0 Å². The van der Waals surface area contributed by atoms with Gasteiger partial charge in [0.05, 0.1) is 21.1 Å². The van der Waals surface area contributed by atoms with Crippen LogP contribution in [0.3, 0.4) is 0 Å². The lowest BCUT2D eigenvalue weighted by Crippen LogP contribution is -2.58. The van der Waals surface area contributed by atoms with E-state index in [0.29, 0.717) is 12.1 Å². The first-order chi connectivity index (χ1) is 15.6. The quantitative estimate of drug-likeness (QED) is 0.650. The summed E-state index contributed by atoms with van der Waals surface area (Å²) in [5.41, 5.74) is -2.62. The number of amides is 1. The summed E-state index contributed by atoms with van der Waals surface area (Å²) in [5, 5.41) is 12.5. The van der Waals surface area contributed by atoms with Crippen molar-refractivity contribution in [3.63, 3.8) is 0 Å². The fourth-order valence-electron chi connectivity index (χ4n) is 5.14. The number of nitrogens with zero attached hydrogens (tertiary/aromatic N) is 2. The van der Waals surface area contributed by atoms with Gasteiger partial charge >= 0.3 is 6.18 Å². The molecule has 4 rings (SSSR count). The number of alkyl halides is 3. The van der Waals surface area contributed by atoms with Crippen LogP contribution in [0.2, 0.25) is 0 Å². The maximum atomic E-state index is 14.1. The minimum atomic E-state index is -4.81. The Balaban J connectivity index is 2.09. The van der Waals surface area contributed by atoms with Crippen molar-refractivity contribution in [2.75, 3.05) is 0 Å². The van der Waals surface area contributed by atoms with Gasteiger partial charge in [-0.15, -0.1) is 5.11 Å². The summed E-state index contributed by atoms with van der Waals surface area (Å²) in [4.78, 5) is 13.4. The summed E-state index contributed by atoms with van der Waals surface area (Å²) in [7, 11) is -3.72. The molecule has 0 radical (unpaired) electrons. The smallest absolute Gasteiger partial charge is 0.362 e. The van der Waals surface area contributed by atoms with Crippen molar-refractivity contribution in [3.05, 3.63) is 52.4 Å². The fourth-order valence-corrected chi connectivity index (χ4v) is 6.24. The number of hydrogen-bond acceptors (Lipinski definition) is 6. The molecule has 3 heterocycles. The lowest BCUT2D eigenvalue weighted by atomic mass is 9.61. The maximum absolute atomic E-state index is 14.1. The van der Waals surface area contributed by atoms with Gasteiger partial charge in [0, 0.05) is 23.2 Å². The van der Waals surface area contributed by atoms with Crippen molar-refractivity contribution in [1.82, 2.24) is 10.6 Å². The van der Waals surface area contributed by atoms with Gasteiger partial charge in [0.1, 0.15) is 0 Å².